The molecule has 0 saturated carbocycles. The average Bonchev–Trinajstić information content (AvgIpc) is 2.68. The fraction of sp³-hybridized carbons (Fsp3) is 0.0588. The first-order valence-electron chi connectivity index (χ1n) is 6.60. The molecule has 106 valence electrons. The first kappa shape index (κ1) is 13.9. The minimum Gasteiger partial charge on any atom is -0.733 e. The van der Waals surface area contributed by atoms with E-state index in [0.717, 1.165) is 22.4 Å². The van der Waals surface area contributed by atoms with E-state index in [1.807, 2.05) is 48.5 Å². The molecule has 0 saturated heterocycles. The van der Waals surface area contributed by atoms with Crippen LogP contribution in [-0.2, 0) is 5.75 Å². The summed E-state index contributed by atoms with van der Waals surface area (Å²) >= 11 is 1.71. The number of anilines is 1. The minimum absolute atomic E-state index is 0.0565. The molecule has 21 heavy (non-hydrogen) atoms. The summed E-state index contributed by atoms with van der Waals surface area (Å²) < 4.78 is 0. The second-order valence-electron chi connectivity index (χ2n) is 4.67. The summed E-state index contributed by atoms with van der Waals surface area (Å²) in [6.45, 7) is 0. The van der Waals surface area contributed by atoms with Crippen molar-refractivity contribution in [2.45, 2.75) is 10.6 Å². The van der Waals surface area contributed by atoms with E-state index < -0.39 is 0 Å². The molecule has 0 atom stereocenters. The van der Waals surface area contributed by atoms with Crippen LogP contribution < -0.4 is 5.23 Å². The molecule has 0 aliphatic heterocycles. The van der Waals surface area contributed by atoms with Crippen LogP contribution in [0.4, 0.5) is 5.69 Å². The van der Waals surface area contributed by atoms with Gasteiger partial charge in [0.15, 0.2) is 0 Å². The fourth-order valence-corrected chi connectivity index (χ4v) is 3.24. The molecule has 0 radical (unpaired) electrons. The molecule has 0 amide bonds. The minimum atomic E-state index is -0.0565. The van der Waals surface area contributed by atoms with E-state index in [2.05, 4.69) is 12.1 Å². The Kier molecular flexibility index (Phi) is 4.10. The number of rotatable bonds is 4. The second kappa shape index (κ2) is 6.18. The normalized spacial score (nSPS) is 10.8. The summed E-state index contributed by atoms with van der Waals surface area (Å²) in [5.74, 6) is 0.748. The monoisotopic (exact) mass is 296 g/mol. The number of nitrogens with zero attached hydrogens (tertiary/aromatic N) is 1. The van der Waals surface area contributed by atoms with Crippen LogP contribution >= 0.6 is 11.8 Å². The van der Waals surface area contributed by atoms with Crippen molar-refractivity contribution in [2.75, 3.05) is 5.23 Å². The Morgan fingerprint density at radius 3 is 2.19 bits per heavy atom. The lowest BCUT2D eigenvalue weighted by Crippen LogP contribution is -2.06. The molecule has 0 spiro atoms. The summed E-state index contributed by atoms with van der Waals surface area (Å²) in [5.41, 5.74) is 3.10. The topological polar surface area (TPSA) is 46.5 Å². The molecule has 3 rings (SSSR count). The Balaban J connectivity index is 1.92. The van der Waals surface area contributed by atoms with Gasteiger partial charge in [0.1, 0.15) is 0 Å². The number of thioether (sulfide) groups is 1. The molecule has 0 bridgehead atoms. The number of hydrogen-bond donors (Lipinski definition) is 1. The van der Waals surface area contributed by atoms with E-state index >= 15 is 0 Å². The summed E-state index contributed by atoms with van der Waals surface area (Å²) in [6.07, 6.45) is 0. The van der Waals surface area contributed by atoms with Crippen molar-refractivity contribution in [1.29, 1.82) is 0 Å². The zero-order chi connectivity index (χ0) is 14.7. The van der Waals surface area contributed by atoms with Gasteiger partial charge in [0.05, 0.1) is 5.69 Å². The van der Waals surface area contributed by atoms with Crippen LogP contribution in [0.1, 0.15) is 5.56 Å². The highest BCUT2D eigenvalue weighted by Crippen LogP contribution is 2.39. The standard InChI is InChI=1S/C17H14NO2S/c19-18(20)17-11-13(12-21-14-7-3-1-4-8-14)15-9-5-2-6-10-16(15)17/h1-11,19H,12H2/q-1. The third kappa shape index (κ3) is 3.03. The molecule has 2 aliphatic rings. The van der Waals surface area contributed by atoms with Gasteiger partial charge in [-0.25, -0.2) is 0 Å². The van der Waals surface area contributed by atoms with E-state index in [4.69, 9.17) is 0 Å². The summed E-state index contributed by atoms with van der Waals surface area (Å²) in [4.78, 5) is 1.18. The van der Waals surface area contributed by atoms with Crippen molar-refractivity contribution < 1.29 is 5.21 Å². The Bertz CT molecular complexity index is 700. The van der Waals surface area contributed by atoms with E-state index in [1.54, 1.807) is 17.8 Å². The Morgan fingerprint density at radius 1 is 0.905 bits per heavy atom. The van der Waals surface area contributed by atoms with Crippen molar-refractivity contribution in [3.63, 3.8) is 0 Å². The van der Waals surface area contributed by atoms with Gasteiger partial charge < -0.3 is 10.4 Å². The largest absolute Gasteiger partial charge is 0.733 e. The lowest BCUT2D eigenvalue weighted by molar-refractivity contribution is 0.297. The van der Waals surface area contributed by atoms with Gasteiger partial charge in [-0.15, -0.1) is 11.8 Å². The molecule has 0 fully saturated rings. The van der Waals surface area contributed by atoms with Gasteiger partial charge >= 0.3 is 0 Å². The summed E-state index contributed by atoms with van der Waals surface area (Å²) in [5, 5.41) is 20.5. The summed E-state index contributed by atoms with van der Waals surface area (Å²) in [7, 11) is 0. The highest BCUT2D eigenvalue weighted by Gasteiger charge is 2.15. The maximum Gasteiger partial charge on any atom is 0.0590 e. The van der Waals surface area contributed by atoms with E-state index in [9.17, 15) is 10.4 Å². The first-order chi connectivity index (χ1) is 10.3. The maximum atomic E-state index is 11.3. The van der Waals surface area contributed by atoms with Gasteiger partial charge in [0.25, 0.3) is 0 Å². The van der Waals surface area contributed by atoms with E-state index in [-0.39, 0.29) is 5.23 Å². The van der Waals surface area contributed by atoms with Crippen LogP contribution in [0.15, 0.2) is 71.6 Å². The van der Waals surface area contributed by atoms with Crippen molar-refractivity contribution in [2.24, 2.45) is 0 Å². The molecule has 0 unspecified atom stereocenters. The first-order valence-corrected chi connectivity index (χ1v) is 7.59. The lowest BCUT2D eigenvalue weighted by atomic mass is 10.1. The second-order valence-corrected chi connectivity index (χ2v) is 5.72. The predicted octanol–water partition coefficient (Wildman–Crippen LogP) is 4.78. The van der Waals surface area contributed by atoms with Gasteiger partial charge in [-0.2, -0.15) is 0 Å². The molecule has 1 N–H and O–H groups in total. The van der Waals surface area contributed by atoms with Crippen LogP contribution in [0.2, 0.25) is 0 Å². The molecular formula is C17H14NO2S-. The molecule has 2 aliphatic carbocycles. The molecule has 1 aromatic carbocycles. The van der Waals surface area contributed by atoms with E-state index in [1.165, 1.54) is 4.90 Å². The number of benzene rings is 1. The van der Waals surface area contributed by atoms with Crippen molar-refractivity contribution in [3.8, 4) is 11.1 Å². The highest BCUT2D eigenvalue weighted by atomic mass is 32.2. The van der Waals surface area contributed by atoms with Gasteiger partial charge in [-0.05, 0) is 29.3 Å². The van der Waals surface area contributed by atoms with Gasteiger partial charge in [-0.3, -0.25) is 5.21 Å². The SMILES string of the molecule is [O-]N(O)c1cc(CSc2ccccc2)c2cccccc1-2. The molecule has 3 nitrogen and oxygen atoms in total. The van der Waals surface area contributed by atoms with Crippen LogP contribution in [0.25, 0.3) is 11.1 Å². The van der Waals surface area contributed by atoms with Crippen molar-refractivity contribution >= 4 is 17.4 Å². The zero-order valence-electron chi connectivity index (χ0n) is 11.3. The Labute approximate surface area is 127 Å². The zero-order valence-corrected chi connectivity index (χ0v) is 12.1. The lowest BCUT2D eigenvalue weighted by Gasteiger charge is -2.21. The van der Waals surface area contributed by atoms with Crippen LogP contribution in [0.3, 0.4) is 0 Å². The van der Waals surface area contributed by atoms with Crippen LogP contribution in [0.5, 0.6) is 0 Å². The molecular weight excluding hydrogens is 282 g/mol. The third-order valence-corrected chi connectivity index (χ3v) is 4.38. The summed E-state index contributed by atoms with van der Waals surface area (Å²) in [6, 6.07) is 21.4. The Morgan fingerprint density at radius 2 is 1.52 bits per heavy atom. The maximum absolute atomic E-state index is 11.3. The average molecular weight is 296 g/mol. The predicted molar refractivity (Wildman–Crippen MR) is 86.7 cm³/mol. The van der Waals surface area contributed by atoms with Crippen molar-refractivity contribution in [3.05, 3.63) is 77.5 Å². The number of fused-ring (bicyclic) bond motifs is 1. The highest BCUT2D eigenvalue weighted by molar-refractivity contribution is 7.98. The van der Waals surface area contributed by atoms with Gasteiger partial charge in [0.2, 0.25) is 0 Å². The third-order valence-electron chi connectivity index (χ3n) is 3.31. The smallest absolute Gasteiger partial charge is 0.0590 e. The fourth-order valence-electron chi connectivity index (χ4n) is 2.33. The molecule has 0 heterocycles. The van der Waals surface area contributed by atoms with Crippen LogP contribution in [-0.4, -0.2) is 5.21 Å². The molecule has 4 heteroatoms. The Hall–Kier alpha value is -2.01. The van der Waals surface area contributed by atoms with Crippen molar-refractivity contribution in [1.82, 2.24) is 0 Å². The number of hydrogen-bond acceptors (Lipinski definition) is 4. The quantitative estimate of drug-likeness (QED) is 0.556. The van der Waals surface area contributed by atoms with Gasteiger partial charge in [-0.1, -0.05) is 48.5 Å². The van der Waals surface area contributed by atoms with Gasteiger partial charge in [0, 0.05) is 16.2 Å². The van der Waals surface area contributed by atoms with E-state index in [0.29, 0.717) is 5.69 Å². The van der Waals surface area contributed by atoms with Crippen LogP contribution in [0, 0.1) is 5.21 Å². The molecule has 1 aromatic rings. The molecule has 0 aromatic heterocycles.